The van der Waals surface area contributed by atoms with Crippen molar-refractivity contribution in [2.24, 2.45) is 17.6 Å². The summed E-state index contributed by atoms with van der Waals surface area (Å²) in [5.41, 5.74) is 7.49. The molecule has 3 rings (SSSR count). The van der Waals surface area contributed by atoms with Crippen LogP contribution in [-0.4, -0.2) is 66.6 Å². The van der Waals surface area contributed by atoms with E-state index in [0.717, 1.165) is 0 Å². The average molecular weight is 619 g/mol. The molecule has 2 aliphatic rings. The van der Waals surface area contributed by atoms with Crippen LogP contribution in [0.1, 0.15) is 59.1 Å². The van der Waals surface area contributed by atoms with Gasteiger partial charge < -0.3 is 45.1 Å². The van der Waals surface area contributed by atoms with E-state index < -0.39 is 48.1 Å². The van der Waals surface area contributed by atoms with E-state index in [9.17, 15) is 19.8 Å². The molecular formula is C32H46N2O10. The summed E-state index contributed by atoms with van der Waals surface area (Å²) in [7, 11) is 2.98. The Labute approximate surface area is 258 Å². The van der Waals surface area contributed by atoms with Crippen LogP contribution in [0.2, 0.25) is 0 Å². The van der Waals surface area contributed by atoms with Crippen molar-refractivity contribution in [2.45, 2.75) is 91.2 Å². The van der Waals surface area contributed by atoms with Gasteiger partial charge in [-0.15, -0.1) is 0 Å². The molecule has 2 heterocycles. The van der Waals surface area contributed by atoms with E-state index in [-0.39, 0.29) is 24.0 Å². The molecule has 1 aromatic rings. The number of aromatic hydroxyl groups is 1. The topological polar surface area (TPSA) is 168 Å². The third-order valence-corrected chi connectivity index (χ3v) is 7.78. The number of carbonyl (C=O) groups excluding carboxylic acids is 2. The van der Waals surface area contributed by atoms with E-state index in [1.807, 2.05) is 13.8 Å². The molecule has 0 aliphatic carbocycles. The molecule has 2 bridgehead atoms. The number of fused-ring (bicyclic) bond motifs is 4. The minimum Gasteiger partial charge on any atom is -0.505 e. The van der Waals surface area contributed by atoms with Gasteiger partial charge in [-0.1, -0.05) is 38.2 Å². The van der Waals surface area contributed by atoms with Gasteiger partial charge in [-0.2, -0.15) is 4.89 Å². The van der Waals surface area contributed by atoms with Crippen molar-refractivity contribution in [3.8, 4) is 11.5 Å². The molecule has 6 unspecified atom stereocenters. The zero-order valence-electron chi connectivity index (χ0n) is 26.7. The fourth-order valence-corrected chi connectivity index (χ4v) is 5.29. The summed E-state index contributed by atoms with van der Waals surface area (Å²) in [6.07, 6.45) is 3.16. The van der Waals surface area contributed by atoms with Crippen molar-refractivity contribution >= 4 is 17.7 Å². The van der Waals surface area contributed by atoms with Crippen LogP contribution in [0.3, 0.4) is 0 Å². The van der Waals surface area contributed by atoms with Crippen LogP contribution in [0.4, 0.5) is 10.5 Å². The van der Waals surface area contributed by atoms with Gasteiger partial charge in [-0.05, 0) is 58.1 Å². The highest BCUT2D eigenvalue weighted by atomic mass is 17.2. The Morgan fingerprint density at radius 1 is 1.18 bits per heavy atom. The van der Waals surface area contributed by atoms with Gasteiger partial charge in [0.15, 0.2) is 11.9 Å². The summed E-state index contributed by atoms with van der Waals surface area (Å²) in [5, 5.41) is 25.5. The number of methoxy groups -OCH3 is 2. The summed E-state index contributed by atoms with van der Waals surface area (Å²) >= 11 is 0. The maximum atomic E-state index is 13.2. The van der Waals surface area contributed by atoms with E-state index in [1.165, 1.54) is 14.2 Å². The maximum Gasteiger partial charge on any atom is 0.405 e. The number of primary amides is 1. The van der Waals surface area contributed by atoms with E-state index in [1.54, 1.807) is 58.1 Å². The fourth-order valence-electron chi connectivity index (χ4n) is 5.29. The Morgan fingerprint density at radius 2 is 1.89 bits per heavy atom. The molecular weight excluding hydrogens is 572 g/mol. The van der Waals surface area contributed by atoms with Crippen molar-refractivity contribution in [2.75, 3.05) is 19.5 Å². The van der Waals surface area contributed by atoms with Gasteiger partial charge in [-0.3, -0.25) is 4.79 Å². The lowest BCUT2D eigenvalue weighted by Gasteiger charge is -2.29. The average Bonchev–Trinajstić information content (AvgIpc) is 3.11. The lowest BCUT2D eigenvalue weighted by Crippen LogP contribution is -2.37. The molecule has 44 heavy (non-hydrogen) atoms. The first kappa shape index (κ1) is 35.1. The lowest BCUT2D eigenvalue weighted by molar-refractivity contribution is -0.361. The number of amides is 2. The monoisotopic (exact) mass is 618 g/mol. The molecule has 0 fully saturated rings. The van der Waals surface area contributed by atoms with E-state index in [0.29, 0.717) is 40.9 Å². The highest BCUT2D eigenvalue weighted by Crippen LogP contribution is 2.43. The first-order valence-electron chi connectivity index (χ1n) is 14.6. The Balaban J connectivity index is 2.13. The van der Waals surface area contributed by atoms with Crippen LogP contribution < -0.4 is 15.9 Å². The second-order valence-corrected chi connectivity index (χ2v) is 11.9. The van der Waals surface area contributed by atoms with Crippen LogP contribution in [0.5, 0.6) is 11.5 Å². The number of benzene rings is 1. The molecule has 2 aliphatic heterocycles. The number of anilines is 1. The Hall–Kier alpha value is -3.42. The molecule has 0 aromatic heterocycles. The number of phenolic OH excluding ortho intramolecular Hbond substituents is 1. The number of hydrogen-bond acceptors (Lipinski definition) is 10. The molecule has 5 N–H and O–H groups in total. The summed E-state index contributed by atoms with van der Waals surface area (Å²) in [4.78, 5) is 36.2. The maximum absolute atomic E-state index is 13.2. The minimum atomic E-state index is -1.05. The zero-order chi connectivity index (χ0) is 32.8. The summed E-state index contributed by atoms with van der Waals surface area (Å²) in [6, 6.07) is 1.59. The molecule has 0 saturated heterocycles. The number of nitrogens with one attached hydrogen (secondary N) is 1. The quantitative estimate of drug-likeness (QED) is 0.216. The van der Waals surface area contributed by atoms with Crippen LogP contribution in [-0.2, 0) is 41.7 Å². The highest BCUT2D eigenvalue weighted by Gasteiger charge is 2.33. The first-order valence-corrected chi connectivity index (χ1v) is 14.6. The number of hydrogen-bond donors (Lipinski definition) is 4. The molecule has 12 heteroatoms. The summed E-state index contributed by atoms with van der Waals surface area (Å²) < 4.78 is 22.5. The third kappa shape index (κ3) is 8.82. The Kier molecular flexibility index (Phi) is 12.0. The van der Waals surface area contributed by atoms with Gasteiger partial charge in [0.1, 0.15) is 11.9 Å². The number of phenols is 1. The molecule has 0 spiro atoms. The number of allylic oxidation sites excluding steroid dienone is 2. The zero-order valence-corrected chi connectivity index (χ0v) is 26.7. The predicted molar refractivity (Wildman–Crippen MR) is 163 cm³/mol. The highest BCUT2D eigenvalue weighted by molar-refractivity contribution is 6.04. The smallest absolute Gasteiger partial charge is 0.405 e. The Bertz CT molecular complexity index is 1290. The number of aliphatic hydroxyl groups is 1. The van der Waals surface area contributed by atoms with Gasteiger partial charge in [0.2, 0.25) is 5.79 Å². The fraction of sp³-hybridized carbons (Fsp3) is 0.562. The lowest BCUT2D eigenvalue weighted by atomic mass is 9.87. The van der Waals surface area contributed by atoms with Crippen molar-refractivity contribution in [1.82, 2.24) is 0 Å². The number of rotatable bonds is 3. The summed E-state index contributed by atoms with van der Waals surface area (Å²) in [5.74, 6) is -1.91. The van der Waals surface area contributed by atoms with Gasteiger partial charge in [0.05, 0.1) is 24.5 Å². The van der Waals surface area contributed by atoms with Gasteiger partial charge in [0, 0.05) is 36.8 Å². The SMILES string of the molecule is COC1C=CC=C(C)C(=O)Nc2cc3c(c(c2O)CC(C)CC(OC)C(O)C(C)C=C(C)C1OC(N)=O)OOC(C)(C)OC3. The normalized spacial score (nSPS) is 28.4. The van der Waals surface area contributed by atoms with Gasteiger partial charge in [-0.25, -0.2) is 4.79 Å². The van der Waals surface area contributed by atoms with Crippen LogP contribution in [0.25, 0.3) is 0 Å². The second-order valence-electron chi connectivity index (χ2n) is 11.9. The van der Waals surface area contributed by atoms with E-state index in [4.69, 9.17) is 34.5 Å². The predicted octanol–water partition coefficient (Wildman–Crippen LogP) is 4.43. The molecule has 0 saturated carbocycles. The Morgan fingerprint density at radius 3 is 2.52 bits per heavy atom. The van der Waals surface area contributed by atoms with Crippen molar-refractivity contribution in [3.63, 3.8) is 0 Å². The van der Waals surface area contributed by atoms with Gasteiger partial charge in [0.25, 0.3) is 5.91 Å². The van der Waals surface area contributed by atoms with E-state index in [2.05, 4.69) is 5.32 Å². The second kappa shape index (κ2) is 15.0. The van der Waals surface area contributed by atoms with E-state index >= 15 is 0 Å². The standard InChI is InChI=1S/C32H46N2O10/c1-17-12-22-27(36)23(15-21-16-41-32(5,6)44-43-29(21)22)34-30(37)18(2)10-9-11-24(39-7)28(42-31(33)38)20(4)14-19(3)26(35)25(13-17)40-8/h9-11,14-15,17,19,24-26,28,35-36H,12-13,16H2,1-8H3,(H2,33,38)(H,34,37). The molecule has 244 valence electrons. The van der Waals surface area contributed by atoms with Crippen molar-refractivity contribution in [1.29, 1.82) is 0 Å². The first-order chi connectivity index (χ1) is 20.7. The van der Waals surface area contributed by atoms with Crippen LogP contribution >= 0.6 is 0 Å². The van der Waals surface area contributed by atoms with Gasteiger partial charge >= 0.3 is 6.09 Å². The minimum absolute atomic E-state index is 0.111. The van der Waals surface area contributed by atoms with Crippen LogP contribution in [0.15, 0.2) is 41.5 Å². The molecule has 1 aromatic carbocycles. The van der Waals surface area contributed by atoms with Crippen molar-refractivity contribution in [3.05, 3.63) is 52.6 Å². The largest absolute Gasteiger partial charge is 0.505 e. The number of ether oxygens (including phenoxy) is 4. The van der Waals surface area contributed by atoms with Crippen molar-refractivity contribution < 1.29 is 48.5 Å². The molecule has 12 nitrogen and oxygen atoms in total. The number of carbonyl (C=O) groups is 2. The summed E-state index contributed by atoms with van der Waals surface area (Å²) in [6.45, 7) is 10.7. The van der Waals surface area contributed by atoms with Crippen LogP contribution in [0, 0.1) is 11.8 Å². The molecule has 0 radical (unpaired) electrons. The molecule has 6 atom stereocenters. The molecule has 2 amide bonds. The number of aliphatic hydroxyl groups excluding tert-OH is 1. The number of nitrogens with two attached hydrogens (primary N) is 1. The third-order valence-electron chi connectivity index (χ3n) is 7.78.